The number of hydrogen-bond acceptors (Lipinski definition) is 3. The lowest BCUT2D eigenvalue weighted by atomic mass is 10.0. The summed E-state index contributed by atoms with van der Waals surface area (Å²) in [7, 11) is 1.58. The Morgan fingerprint density at radius 2 is 2.36 bits per heavy atom. The van der Waals surface area contributed by atoms with E-state index in [-0.39, 0.29) is 6.61 Å². The molecule has 0 saturated carbocycles. The summed E-state index contributed by atoms with van der Waals surface area (Å²) >= 11 is 0. The van der Waals surface area contributed by atoms with Crippen molar-refractivity contribution in [2.45, 2.75) is 32.4 Å². The molecule has 1 aromatic rings. The quantitative estimate of drug-likeness (QED) is 0.772. The van der Waals surface area contributed by atoms with Crippen LogP contribution in [0.15, 0.2) is 12.3 Å². The molecule has 0 aliphatic heterocycles. The van der Waals surface area contributed by atoms with Crippen molar-refractivity contribution in [1.82, 2.24) is 9.78 Å². The minimum absolute atomic E-state index is 0.280. The van der Waals surface area contributed by atoms with E-state index >= 15 is 0 Å². The van der Waals surface area contributed by atoms with Crippen molar-refractivity contribution in [3.05, 3.63) is 18.0 Å². The van der Waals surface area contributed by atoms with Gasteiger partial charge in [0.15, 0.2) is 0 Å². The molecule has 0 aliphatic carbocycles. The number of rotatable bonds is 5. The minimum Gasteiger partial charge on any atom is -0.381 e. The molecule has 4 nitrogen and oxygen atoms in total. The summed E-state index contributed by atoms with van der Waals surface area (Å²) in [6.45, 7) is 4.92. The second-order valence-corrected chi connectivity index (χ2v) is 3.65. The fourth-order valence-electron chi connectivity index (χ4n) is 1.54. The van der Waals surface area contributed by atoms with E-state index in [1.165, 1.54) is 0 Å². The van der Waals surface area contributed by atoms with E-state index in [2.05, 4.69) is 12.0 Å². The molecular weight excluding hydrogens is 180 g/mol. The zero-order chi connectivity index (χ0) is 10.6. The minimum atomic E-state index is -0.958. The van der Waals surface area contributed by atoms with Crippen molar-refractivity contribution in [3.63, 3.8) is 0 Å². The van der Waals surface area contributed by atoms with E-state index in [0.717, 1.165) is 18.7 Å². The van der Waals surface area contributed by atoms with Crippen molar-refractivity contribution in [3.8, 4) is 0 Å². The molecule has 0 amide bonds. The van der Waals surface area contributed by atoms with Gasteiger partial charge < -0.3 is 9.84 Å². The van der Waals surface area contributed by atoms with Crippen LogP contribution in [0, 0.1) is 0 Å². The van der Waals surface area contributed by atoms with Gasteiger partial charge in [0.25, 0.3) is 0 Å². The molecule has 4 heteroatoms. The molecule has 80 valence electrons. The fraction of sp³-hybridized carbons (Fsp3) is 0.700. The Morgan fingerprint density at radius 3 is 2.93 bits per heavy atom. The molecule has 0 bridgehead atoms. The Labute approximate surface area is 84.5 Å². The van der Waals surface area contributed by atoms with Crippen molar-refractivity contribution in [2.75, 3.05) is 13.7 Å². The van der Waals surface area contributed by atoms with Crippen molar-refractivity contribution in [2.24, 2.45) is 0 Å². The molecule has 1 N–H and O–H groups in total. The molecule has 0 spiro atoms. The standard InChI is InChI=1S/C10H18N2O2/c1-4-7-12-9(5-6-11-12)10(2,13)8-14-3/h5-6,13H,4,7-8H2,1-3H3. The molecular formula is C10H18N2O2. The van der Waals surface area contributed by atoms with E-state index in [1.807, 2.05) is 10.7 Å². The maximum absolute atomic E-state index is 10.1. The van der Waals surface area contributed by atoms with Crippen LogP contribution in [0.1, 0.15) is 26.0 Å². The largest absolute Gasteiger partial charge is 0.381 e. The lowest BCUT2D eigenvalue weighted by Crippen LogP contribution is -2.30. The number of methoxy groups -OCH3 is 1. The molecule has 0 fully saturated rings. The number of nitrogens with zero attached hydrogens (tertiary/aromatic N) is 2. The summed E-state index contributed by atoms with van der Waals surface area (Å²) in [5.74, 6) is 0. The molecule has 0 aromatic carbocycles. The molecule has 14 heavy (non-hydrogen) atoms. The van der Waals surface area contributed by atoms with Crippen LogP contribution >= 0.6 is 0 Å². The first-order chi connectivity index (χ1) is 6.61. The topological polar surface area (TPSA) is 47.3 Å². The second kappa shape index (κ2) is 4.57. The third kappa shape index (κ3) is 2.33. The number of aryl methyl sites for hydroxylation is 1. The predicted molar refractivity (Wildman–Crippen MR) is 54.0 cm³/mol. The fourth-order valence-corrected chi connectivity index (χ4v) is 1.54. The van der Waals surface area contributed by atoms with Crippen LogP contribution in [-0.4, -0.2) is 28.6 Å². The normalized spacial score (nSPS) is 15.4. The van der Waals surface area contributed by atoms with Crippen LogP contribution in [0.25, 0.3) is 0 Å². The third-order valence-electron chi connectivity index (χ3n) is 2.13. The molecule has 1 rings (SSSR count). The van der Waals surface area contributed by atoms with Gasteiger partial charge in [0, 0.05) is 19.9 Å². The smallest absolute Gasteiger partial charge is 0.126 e. The summed E-state index contributed by atoms with van der Waals surface area (Å²) < 4.78 is 6.79. The first-order valence-corrected chi connectivity index (χ1v) is 4.85. The van der Waals surface area contributed by atoms with E-state index in [4.69, 9.17) is 4.74 Å². The van der Waals surface area contributed by atoms with Crippen molar-refractivity contribution >= 4 is 0 Å². The number of ether oxygens (including phenoxy) is 1. The van der Waals surface area contributed by atoms with Crippen LogP contribution in [0.5, 0.6) is 0 Å². The molecule has 0 radical (unpaired) electrons. The second-order valence-electron chi connectivity index (χ2n) is 3.65. The number of hydrogen-bond donors (Lipinski definition) is 1. The average Bonchev–Trinajstić information content (AvgIpc) is 2.53. The van der Waals surface area contributed by atoms with Gasteiger partial charge in [-0.2, -0.15) is 5.10 Å². The van der Waals surface area contributed by atoms with Crippen LogP contribution in [0.4, 0.5) is 0 Å². The zero-order valence-electron chi connectivity index (χ0n) is 9.03. The van der Waals surface area contributed by atoms with Gasteiger partial charge >= 0.3 is 0 Å². The number of aliphatic hydroxyl groups is 1. The maximum Gasteiger partial charge on any atom is 0.126 e. The molecule has 1 unspecified atom stereocenters. The molecule has 1 atom stereocenters. The van der Waals surface area contributed by atoms with Crippen LogP contribution in [-0.2, 0) is 16.9 Å². The van der Waals surface area contributed by atoms with Crippen LogP contribution in [0.2, 0.25) is 0 Å². The highest BCUT2D eigenvalue weighted by Gasteiger charge is 2.26. The molecule has 0 saturated heterocycles. The monoisotopic (exact) mass is 198 g/mol. The van der Waals surface area contributed by atoms with Gasteiger partial charge in [0.1, 0.15) is 5.60 Å². The van der Waals surface area contributed by atoms with Gasteiger partial charge in [0.2, 0.25) is 0 Å². The summed E-state index contributed by atoms with van der Waals surface area (Å²) in [6.07, 6.45) is 2.70. The SMILES string of the molecule is CCCn1nccc1C(C)(O)COC. The average molecular weight is 198 g/mol. The summed E-state index contributed by atoms with van der Waals surface area (Å²) in [5.41, 5.74) is -0.151. The van der Waals surface area contributed by atoms with Crippen LogP contribution in [0.3, 0.4) is 0 Å². The Kier molecular flexibility index (Phi) is 3.66. The van der Waals surface area contributed by atoms with Gasteiger partial charge in [-0.25, -0.2) is 0 Å². The van der Waals surface area contributed by atoms with E-state index in [0.29, 0.717) is 0 Å². The lowest BCUT2D eigenvalue weighted by Gasteiger charge is -2.23. The van der Waals surface area contributed by atoms with E-state index < -0.39 is 5.60 Å². The first kappa shape index (κ1) is 11.2. The molecule has 1 aromatic heterocycles. The highest BCUT2D eigenvalue weighted by Crippen LogP contribution is 2.20. The van der Waals surface area contributed by atoms with Crippen molar-refractivity contribution < 1.29 is 9.84 Å². The van der Waals surface area contributed by atoms with Gasteiger partial charge in [-0.15, -0.1) is 0 Å². The Balaban J connectivity index is 2.87. The van der Waals surface area contributed by atoms with E-state index in [9.17, 15) is 5.11 Å². The first-order valence-electron chi connectivity index (χ1n) is 4.85. The molecule has 0 aliphatic rings. The zero-order valence-corrected chi connectivity index (χ0v) is 9.03. The lowest BCUT2D eigenvalue weighted by molar-refractivity contribution is -0.0272. The summed E-state index contributed by atoms with van der Waals surface area (Å²) in [5, 5.41) is 14.3. The van der Waals surface area contributed by atoms with Gasteiger partial charge in [0.05, 0.1) is 12.3 Å². The van der Waals surface area contributed by atoms with Gasteiger partial charge in [-0.3, -0.25) is 4.68 Å². The predicted octanol–water partition coefficient (Wildman–Crippen LogP) is 1.15. The van der Waals surface area contributed by atoms with Gasteiger partial charge in [-0.1, -0.05) is 6.92 Å². The third-order valence-corrected chi connectivity index (χ3v) is 2.13. The highest BCUT2D eigenvalue weighted by atomic mass is 16.5. The Bertz CT molecular complexity index is 281. The summed E-state index contributed by atoms with van der Waals surface area (Å²) in [6, 6.07) is 1.83. The Hall–Kier alpha value is -0.870. The Morgan fingerprint density at radius 1 is 1.64 bits per heavy atom. The van der Waals surface area contributed by atoms with Gasteiger partial charge in [-0.05, 0) is 19.4 Å². The number of aromatic nitrogens is 2. The molecule has 1 heterocycles. The van der Waals surface area contributed by atoms with Crippen molar-refractivity contribution in [1.29, 1.82) is 0 Å². The summed E-state index contributed by atoms with van der Waals surface area (Å²) in [4.78, 5) is 0. The van der Waals surface area contributed by atoms with E-state index in [1.54, 1.807) is 20.2 Å². The highest BCUT2D eigenvalue weighted by molar-refractivity contribution is 5.10. The van der Waals surface area contributed by atoms with Crippen LogP contribution < -0.4 is 0 Å². The maximum atomic E-state index is 10.1.